The van der Waals surface area contributed by atoms with Gasteiger partial charge in [-0.05, 0) is 49.0 Å². The van der Waals surface area contributed by atoms with Crippen LogP contribution in [-0.2, 0) is 16.0 Å². The maximum absolute atomic E-state index is 12.6. The van der Waals surface area contributed by atoms with Crippen molar-refractivity contribution in [2.45, 2.75) is 38.5 Å². The number of carbonyl (C=O) groups is 2. The zero-order valence-electron chi connectivity index (χ0n) is 17.3. The lowest BCUT2D eigenvalue weighted by Crippen LogP contribution is -2.53. The molecule has 1 unspecified atom stereocenters. The van der Waals surface area contributed by atoms with Gasteiger partial charge in [0.05, 0.1) is 13.2 Å². The summed E-state index contributed by atoms with van der Waals surface area (Å²) in [6.07, 6.45) is 5.94. The Morgan fingerprint density at radius 3 is 2.38 bits per heavy atom. The molecular formula is C23H33N3O3. The number of benzene rings is 1. The van der Waals surface area contributed by atoms with Gasteiger partial charge in [0.1, 0.15) is 0 Å². The average molecular weight is 400 g/mol. The zero-order chi connectivity index (χ0) is 20.1. The quantitative estimate of drug-likeness (QED) is 0.828. The van der Waals surface area contributed by atoms with Gasteiger partial charge in [-0.25, -0.2) is 4.79 Å². The van der Waals surface area contributed by atoms with E-state index in [1.165, 1.54) is 12.0 Å². The smallest absolute Gasteiger partial charge is 0.317 e. The van der Waals surface area contributed by atoms with Gasteiger partial charge >= 0.3 is 6.03 Å². The summed E-state index contributed by atoms with van der Waals surface area (Å²) >= 11 is 0. The van der Waals surface area contributed by atoms with Crippen LogP contribution in [0.4, 0.5) is 4.79 Å². The number of likely N-dealkylation sites (tertiary alicyclic amines) is 1. The highest BCUT2D eigenvalue weighted by molar-refractivity contribution is 5.77. The van der Waals surface area contributed by atoms with Crippen molar-refractivity contribution in [3.63, 3.8) is 0 Å². The van der Waals surface area contributed by atoms with Crippen molar-refractivity contribution < 1.29 is 14.3 Å². The van der Waals surface area contributed by atoms with Crippen molar-refractivity contribution in [1.82, 2.24) is 15.1 Å². The second-order valence-electron chi connectivity index (χ2n) is 8.75. The predicted molar refractivity (Wildman–Crippen MR) is 112 cm³/mol. The minimum atomic E-state index is 0.0519. The van der Waals surface area contributed by atoms with E-state index in [4.69, 9.17) is 4.74 Å². The van der Waals surface area contributed by atoms with Crippen molar-refractivity contribution in [1.29, 1.82) is 0 Å². The first-order chi connectivity index (χ1) is 14.2. The van der Waals surface area contributed by atoms with Crippen LogP contribution in [-0.4, -0.2) is 67.7 Å². The van der Waals surface area contributed by atoms with Gasteiger partial charge in [-0.2, -0.15) is 0 Å². The fourth-order valence-electron chi connectivity index (χ4n) is 5.11. The molecule has 0 radical (unpaired) electrons. The summed E-state index contributed by atoms with van der Waals surface area (Å²) < 4.78 is 5.35. The first-order valence-corrected chi connectivity index (χ1v) is 11.1. The summed E-state index contributed by atoms with van der Waals surface area (Å²) in [6.45, 7) is 5.07. The Hall–Kier alpha value is -2.08. The number of amides is 3. The monoisotopic (exact) mass is 399 g/mol. The minimum absolute atomic E-state index is 0.0519. The van der Waals surface area contributed by atoms with Crippen LogP contribution in [0.2, 0.25) is 0 Å². The van der Waals surface area contributed by atoms with Crippen LogP contribution >= 0.6 is 0 Å². The van der Waals surface area contributed by atoms with Crippen LogP contribution in [0.1, 0.15) is 37.7 Å². The molecule has 1 N–H and O–H groups in total. The molecule has 1 atom stereocenters. The Morgan fingerprint density at radius 2 is 1.72 bits per heavy atom. The van der Waals surface area contributed by atoms with Crippen molar-refractivity contribution >= 4 is 11.9 Å². The van der Waals surface area contributed by atoms with E-state index in [9.17, 15) is 9.59 Å². The maximum atomic E-state index is 12.6. The molecule has 29 heavy (non-hydrogen) atoms. The second-order valence-corrected chi connectivity index (χ2v) is 8.75. The number of ether oxygens (including phenoxy) is 1. The summed E-state index contributed by atoms with van der Waals surface area (Å²) in [5.74, 6) is 0.777. The summed E-state index contributed by atoms with van der Waals surface area (Å²) in [6, 6.07) is 10.3. The Bertz CT molecular complexity index is 695. The Labute approximate surface area is 173 Å². The minimum Gasteiger partial charge on any atom is -0.378 e. The molecule has 1 aliphatic carbocycles. The third-order valence-corrected chi connectivity index (χ3v) is 7.22. The molecule has 4 rings (SSSR count). The molecule has 3 amide bonds. The van der Waals surface area contributed by atoms with Crippen LogP contribution < -0.4 is 5.32 Å². The Kier molecular flexibility index (Phi) is 6.38. The van der Waals surface area contributed by atoms with Crippen molar-refractivity contribution in [2.24, 2.45) is 11.3 Å². The normalized spacial score (nSPS) is 23.5. The van der Waals surface area contributed by atoms with E-state index in [2.05, 4.69) is 17.4 Å². The average Bonchev–Trinajstić information content (AvgIpc) is 2.78. The van der Waals surface area contributed by atoms with E-state index < -0.39 is 0 Å². The van der Waals surface area contributed by atoms with E-state index in [0.717, 1.165) is 51.9 Å². The lowest BCUT2D eigenvalue weighted by atomic mass is 9.54. The van der Waals surface area contributed by atoms with Gasteiger partial charge in [0, 0.05) is 39.1 Å². The van der Waals surface area contributed by atoms with E-state index in [0.29, 0.717) is 38.0 Å². The zero-order valence-corrected chi connectivity index (χ0v) is 17.3. The van der Waals surface area contributed by atoms with Crippen LogP contribution in [0, 0.1) is 11.3 Å². The highest BCUT2D eigenvalue weighted by Gasteiger charge is 2.49. The number of rotatable bonds is 5. The third kappa shape index (κ3) is 4.74. The van der Waals surface area contributed by atoms with E-state index in [1.54, 1.807) is 0 Å². The van der Waals surface area contributed by atoms with E-state index >= 15 is 0 Å². The van der Waals surface area contributed by atoms with Gasteiger partial charge < -0.3 is 19.9 Å². The van der Waals surface area contributed by atoms with Crippen LogP contribution in [0.3, 0.4) is 0 Å². The lowest BCUT2D eigenvalue weighted by Gasteiger charge is -2.54. The number of nitrogens with one attached hydrogen (secondary N) is 1. The predicted octanol–water partition coefficient (Wildman–Crippen LogP) is 2.68. The number of morpholine rings is 1. The molecule has 1 aromatic carbocycles. The molecule has 2 saturated heterocycles. The second kappa shape index (κ2) is 9.16. The van der Waals surface area contributed by atoms with Crippen LogP contribution in [0.15, 0.2) is 30.3 Å². The summed E-state index contributed by atoms with van der Waals surface area (Å²) in [4.78, 5) is 29.1. The summed E-state index contributed by atoms with van der Waals surface area (Å²) in [5, 5.41) is 3.07. The molecule has 1 spiro atoms. The fraction of sp³-hybridized carbons (Fsp3) is 0.652. The molecule has 0 aromatic heterocycles. The highest BCUT2D eigenvalue weighted by atomic mass is 16.5. The topological polar surface area (TPSA) is 61.9 Å². The van der Waals surface area contributed by atoms with Gasteiger partial charge in [-0.1, -0.05) is 30.3 Å². The number of hydrogen-bond donors (Lipinski definition) is 1. The van der Waals surface area contributed by atoms with Gasteiger partial charge in [-0.3, -0.25) is 4.79 Å². The largest absolute Gasteiger partial charge is 0.378 e. The van der Waals surface area contributed by atoms with Gasteiger partial charge in [0.25, 0.3) is 0 Å². The first kappa shape index (κ1) is 20.2. The summed E-state index contributed by atoms with van der Waals surface area (Å²) in [5.41, 5.74) is 1.52. The SMILES string of the molecule is O=C(CC1CCC12CCN(C(=O)NCCc1ccccc1)CC2)N1CCOCC1. The molecule has 3 fully saturated rings. The third-order valence-electron chi connectivity index (χ3n) is 7.22. The first-order valence-electron chi connectivity index (χ1n) is 11.1. The molecule has 6 heteroatoms. The van der Waals surface area contributed by atoms with Gasteiger partial charge in [0.15, 0.2) is 0 Å². The molecule has 3 aliphatic rings. The van der Waals surface area contributed by atoms with E-state index in [1.807, 2.05) is 28.0 Å². The maximum Gasteiger partial charge on any atom is 0.317 e. The molecule has 1 aromatic rings. The number of carbonyl (C=O) groups excluding carboxylic acids is 2. The van der Waals surface area contributed by atoms with Crippen molar-refractivity contribution in [2.75, 3.05) is 45.9 Å². The molecule has 2 aliphatic heterocycles. The fourth-order valence-corrected chi connectivity index (χ4v) is 5.11. The molecule has 158 valence electrons. The van der Waals surface area contributed by atoms with Crippen molar-refractivity contribution in [3.05, 3.63) is 35.9 Å². The van der Waals surface area contributed by atoms with E-state index in [-0.39, 0.29) is 11.4 Å². The van der Waals surface area contributed by atoms with Gasteiger partial charge in [0.2, 0.25) is 5.91 Å². The highest BCUT2D eigenvalue weighted by Crippen LogP contribution is 2.55. The molecule has 0 bridgehead atoms. The number of piperidine rings is 1. The standard InChI is InChI=1S/C23H33N3O3/c27-21(25-14-16-29-17-15-25)18-20-6-8-23(20)9-12-26(13-10-23)22(28)24-11-7-19-4-2-1-3-5-19/h1-5,20H,6-18H2,(H,24,28). The Balaban J connectivity index is 1.20. The molecular weight excluding hydrogens is 366 g/mol. The van der Waals surface area contributed by atoms with Crippen molar-refractivity contribution in [3.8, 4) is 0 Å². The molecule has 2 heterocycles. The van der Waals surface area contributed by atoms with Gasteiger partial charge in [-0.15, -0.1) is 0 Å². The Morgan fingerprint density at radius 1 is 1.00 bits per heavy atom. The number of urea groups is 1. The number of nitrogens with zero attached hydrogens (tertiary/aromatic N) is 2. The summed E-state index contributed by atoms with van der Waals surface area (Å²) in [7, 11) is 0. The van der Waals surface area contributed by atoms with Crippen LogP contribution in [0.5, 0.6) is 0 Å². The van der Waals surface area contributed by atoms with Crippen LogP contribution in [0.25, 0.3) is 0 Å². The number of hydrogen-bond acceptors (Lipinski definition) is 3. The molecule has 6 nitrogen and oxygen atoms in total. The molecule has 1 saturated carbocycles. The lowest BCUT2D eigenvalue weighted by molar-refractivity contribution is -0.140.